The molecule has 0 saturated heterocycles. The van der Waals surface area contributed by atoms with Gasteiger partial charge in [0.05, 0.1) is 19.0 Å². The second-order valence-corrected chi connectivity index (χ2v) is 4.64. The van der Waals surface area contributed by atoms with Crippen molar-refractivity contribution in [2.24, 2.45) is 0 Å². The minimum atomic E-state index is -0.122. The molecule has 5 heteroatoms. The Balaban J connectivity index is 1.81. The van der Waals surface area contributed by atoms with Crippen LogP contribution in [0.1, 0.15) is 12.5 Å². The Morgan fingerprint density at radius 2 is 1.95 bits per heavy atom. The van der Waals surface area contributed by atoms with Crippen LogP contribution in [0.2, 0.25) is 0 Å². The summed E-state index contributed by atoms with van der Waals surface area (Å²) in [5.41, 5.74) is 2.17. The third-order valence-electron chi connectivity index (χ3n) is 2.97. The molecule has 0 radical (unpaired) electrons. The summed E-state index contributed by atoms with van der Waals surface area (Å²) < 4.78 is 5.13. The monoisotopic (exact) mass is 285 g/mol. The second kappa shape index (κ2) is 7.28. The van der Waals surface area contributed by atoms with Gasteiger partial charge in [0.25, 0.3) is 0 Å². The number of hydrogen-bond donors (Lipinski definition) is 2. The van der Waals surface area contributed by atoms with E-state index in [9.17, 15) is 4.79 Å². The van der Waals surface area contributed by atoms with Crippen LogP contribution in [0.5, 0.6) is 5.75 Å². The lowest BCUT2D eigenvalue weighted by Gasteiger charge is -2.08. The standard InChI is InChI=1S/C16H19N3O2/c1-12(20)19-16-8-5-14(11-18-16)17-10-9-13-3-6-15(21-2)7-4-13/h3-8,11,17H,9-10H2,1-2H3,(H,18,19,20). The molecule has 110 valence electrons. The van der Waals surface area contributed by atoms with Crippen molar-refractivity contribution in [2.45, 2.75) is 13.3 Å². The molecule has 1 amide bonds. The maximum atomic E-state index is 10.9. The third kappa shape index (κ3) is 4.80. The maximum absolute atomic E-state index is 10.9. The van der Waals surface area contributed by atoms with Crippen LogP contribution in [-0.4, -0.2) is 24.5 Å². The molecule has 2 aromatic rings. The van der Waals surface area contributed by atoms with Crippen molar-refractivity contribution in [3.05, 3.63) is 48.2 Å². The van der Waals surface area contributed by atoms with E-state index in [0.717, 1.165) is 24.4 Å². The zero-order chi connectivity index (χ0) is 15.1. The van der Waals surface area contributed by atoms with Crippen LogP contribution in [0.15, 0.2) is 42.6 Å². The van der Waals surface area contributed by atoms with E-state index < -0.39 is 0 Å². The lowest BCUT2D eigenvalue weighted by atomic mass is 10.1. The SMILES string of the molecule is COc1ccc(CCNc2ccc(NC(C)=O)nc2)cc1. The summed E-state index contributed by atoms with van der Waals surface area (Å²) in [4.78, 5) is 15.1. The number of nitrogens with one attached hydrogen (secondary N) is 2. The lowest BCUT2D eigenvalue weighted by Crippen LogP contribution is -2.08. The minimum absolute atomic E-state index is 0.122. The highest BCUT2D eigenvalue weighted by atomic mass is 16.5. The van der Waals surface area contributed by atoms with Crippen molar-refractivity contribution in [1.29, 1.82) is 0 Å². The lowest BCUT2D eigenvalue weighted by molar-refractivity contribution is -0.114. The molecule has 1 heterocycles. The number of carbonyl (C=O) groups is 1. The highest BCUT2D eigenvalue weighted by Gasteiger charge is 1.98. The Morgan fingerprint density at radius 3 is 2.52 bits per heavy atom. The van der Waals surface area contributed by atoms with Gasteiger partial charge in [-0.25, -0.2) is 4.98 Å². The summed E-state index contributed by atoms with van der Waals surface area (Å²) in [6.07, 6.45) is 2.62. The number of carbonyl (C=O) groups excluding carboxylic acids is 1. The van der Waals surface area contributed by atoms with Crippen LogP contribution in [0.4, 0.5) is 11.5 Å². The molecule has 0 unspecified atom stereocenters. The van der Waals surface area contributed by atoms with Crippen molar-refractivity contribution in [2.75, 3.05) is 24.3 Å². The number of aromatic nitrogens is 1. The van der Waals surface area contributed by atoms with Gasteiger partial charge in [0.15, 0.2) is 0 Å². The normalized spacial score (nSPS) is 10.0. The summed E-state index contributed by atoms with van der Waals surface area (Å²) in [5.74, 6) is 1.30. The molecular formula is C16H19N3O2. The Kier molecular flexibility index (Phi) is 5.15. The summed E-state index contributed by atoms with van der Waals surface area (Å²) >= 11 is 0. The number of pyridine rings is 1. The van der Waals surface area contributed by atoms with E-state index in [0.29, 0.717) is 5.82 Å². The summed E-state index contributed by atoms with van der Waals surface area (Å²) in [6.45, 7) is 2.27. The van der Waals surface area contributed by atoms with E-state index in [1.54, 1.807) is 19.4 Å². The van der Waals surface area contributed by atoms with Crippen molar-refractivity contribution in [3.8, 4) is 5.75 Å². The van der Waals surface area contributed by atoms with Crippen molar-refractivity contribution in [3.63, 3.8) is 0 Å². The number of amides is 1. The minimum Gasteiger partial charge on any atom is -0.497 e. The first kappa shape index (κ1) is 14.8. The van der Waals surface area contributed by atoms with Gasteiger partial charge in [-0.1, -0.05) is 12.1 Å². The second-order valence-electron chi connectivity index (χ2n) is 4.64. The molecule has 0 aliphatic rings. The Hall–Kier alpha value is -2.56. The highest BCUT2D eigenvalue weighted by Crippen LogP contribution is 2.13. The Morgan fingerprint density at radius 1 is 1.19 bits per heavy atom. The van der Waals surface area contributed by atoms with Crippen LogP contribution in [-0.2, 0) is 11.2 Å². The average molecular weight is 285 g/mol. The fourth-order valence-corrected chi connectivity index (χ4v) is 1.90. The quantitative estimate of drug-likeness (QED) is 0.856. The number of anilines is 2. The molecule has 0 aliphatic carbocycles. The topological polar surface area (TPSA) is 63.2 Å². The summed E-state index contributed by atoms with van der Waals surface area (Å²) in [6, 6.07) is 11.7. The van der Waals surface area contributed by atoms with Gasteiger partial charge in [-0.05, 0) is 36.2 Å². The molecule has 21 heavy (non-hydrogen) atoms. The molecule has 0 bridgehead atoms. The van der Waals surface area contributed by atoms with Crippen LogP contribution in [0.25, 0.3) is 0 Å². The predicted molar refractivity (Wildman–Crippen MR) is 83.7 cm³/mol. The van der Waals surface area contributed by atoms with Gasteiger partial charge in [0.2, 0.25) is 5.91 Å². The van der Waals surface area contributed by atoms with Gasteiger partial charge in [-0.15, -0.1) is 0 Å². The first-order valence-corrected chi connectivity index (χ1v) is 6.78. The van der Waals surface area contributed by atoms with E-state index >= 15 is 0 Å². The highest BCUT2D eigenvalue weighted by molar-refractivity contribution is 5.87. The van der Waals surface area contributed by atoms with Gasteiger partial charge in [-0.3, -0.25) is 4.79 Å². The molecular weight excluding hydrogens is 266 g/mol. The summed E-state index contributed by atoms with van der Waals surface area (Å²) in [7, 11) is 1.66. The maximum Gasteiger partial charge on any atom is 0.222 e. The number of benzene rings is 1. The predicted octanol–water partition coefficient (Wildman–Crippen LogP) is 2.70. The Bertz CT molecular complexity index is 579. The van der Waals surface area contributed by atoms with Gasteiger partial charge in [0, 0.05) is 13.5 Å². The fraction of sp³-hybridized carbons (Fsp3) is 0.250. The molecule has 5 nitrogen and oxygen atoms in total. The number of ether oxygens (including phenoxy) is 1. The van der Waals surface area contributed by atoms with Crippen LogP contribution in [0.3, 0.4) is 0 Å². The molecule has 1 aromatic carbocycles. The van der Waals surface area contributed by atoms with Gasteiger partial charge >= 0.3 is 0 Å². The molecule has 2 N–H and O–H groups in total. The third-order valence-corrected chi connectivity index (χ3v) is 2.97. The largest absolute Gasteiger partial charge is 0.497 e. The van der Waals surface area contributed by atoms with Gasteiger partial charge in [0.1, 0.15) is 11.6 Å². The van der Waals surface area contributed by atoms with E-state index in [4.69, 9.17) is 4.74 Å². The zero-order valence-electron chi connectivity index (χ0n) is 12.2. The molecule has 0 fully saturated rings. The number of nitrogens with zero attached hydrogens (tertiary/aromatic N) is 1. The number of hydrogen-bond acceptors (Lipinski definition) is 4. The molecule has 0 saturated carbocycles. The zero-order valence-corrected chi connectivity index (χ0v) is 12.2. The first-order valence-electron chi connectivity index (χ1n) is 6.78. The van der Waals surface area contributed by atoms with Crippen molar-refractivity contribution < 1.29 is 9.53 Å². The number of rotatable bonds is 6. The fourth-order valence-electron chi connectivity index (χ4n) is 1.90. The van der Waals surface area contributed by atoms with Crippen LogP contribution >= 0.6 is 0 Å². The van der Waals surface area contributed by atoms with E-state index in [1.807, 2.05) is 18.2 Å². The van der Waals surface area contributed by atoms with E-state index in [-0.39, 0.29) is 5.91 Å². The van der Waals surface area contributed by atoms with Gasteiger partial charge < -0.3 is 15.4 Å². The molecule has 2 rings (SSSR count). The van der Waals surface area contributed by atoms with Crippen LogP contribution in [0, 0.1) is 0 Å². The van der Waals surface area contributed by atoms with Crippen LogP contribution < -0.4 is 15.4 Å². The summed E-state index contributed by atoms with van der Waals surface area (Å²) in [5, 5.41) is 5.93. The molecule has 0 atom stereocenters. The molecule has 0 spiro atoms. The molecule has 1 aromatic heterocycles. The number of methoxy groups -OCH3 is 1. The first-order chi connectivity index (χ1) is 10.2. The van der Waals surface area contributed by atoms with E-state index in [2.05, 4.69) is 27.8 Å². The molecule has 0 aliphatic heterocycles. The van der Waals surface area contributed by atoms with E-state index in [1.165, 1.54) is 12.5 Å². The van der Waals surface area contributed by atoms with Crippen molar-refractivity contribution in [1.82, 2.24) is 4.98 Å². The average Bonchev–Trinajstić information content (AvgIpc) is 2.49. The van der Waals surface area contributed by atoms with Crippen molar-refractivity contribution >= 4 is 17.4 Å². The smallest absolute Gasteiger partial charge is 0.222 e. The van der Waals surface area contributed by atoms with Gasteiger partial charge in [-0.2, -0.15) is 0 Å². The Labute approximate surface area is 124 Å².